The Hall–Kier alpha value is -1.07. The highest BCUT2D eigenvalue weighted by molar-refractivity contribution is 5.27. The standard InChI is InChI=1S/C10H12F3NO/c1-6(15)9(14)7-2-4-8(5-3-7)10(11,12)13/h2-6,9,15H,14H2,1H3/t6-,9+/m1/s1. The van der Waals surface area contributed by atoms with E-state index >= 15 is 0 Å². The summed E-state index contributed by atoms with van der Waals surface area (Å²) in [6.45, 7) is 1.49. The molecule has 0 aliphatic carbocycles. The summed E-state index contributed by atoms with van der Waals surface area (Å²) in [7, 11) is 0. The van der Waals surface area contributed by atoms with E-state index in [2.05, 4.69) is 0 Å². The zero-order chi connectivity index (χ0) is 11.6. The minimum atomic E-state index is -4.34. The second-order valence-electron chi connectivity index (χ2n) is 3.39. The van der Waals surface area contributed by atoms with E-state index in [4.69, 9.17) is 10.8 Å². The first-order chi connectivity index (χ1) is 6.82. The molecule has 0 aromatic heterocycles. The molecule has 0 aliphatic rings. The fraction of sp³-hybridized carbons (Fsp3) is 0.400. The van der Waals surface area contributed by atoms with Crippen molar-refractivity contribution in [2.24, 2.45) is 5.73 Å². The number of aliphatic hydroxyl groups excluding tert-OH is 1. The summed E-state index contributed by atoms with van der Waals surface area (Å²) < 4.78 is 36.6. The molecule has 0 radical (unpaired) electrons. The maximum absolute atomic E-state index is 12.2. The first-order valence-electron chi connectivity index (χ1n) is 4.43. The second kappa shape index (κ2) is 4.20. The predicted molar refractivity (Wildman–Crippen MR) is 50.1 cm³/mol. The summed E-state index contributed by atoms with van der Waals surface area (Å²) in [5, 5.41) is 9.16. The largest absolute Gasteiger partial charge is 0.416 e. The first-order valence-corrected chi connectivity index (χ1v) is 4.43. The molecule has 5 heteroatoms. The molecule has 84 valence electrons. The zero-order valence-corrected chi connectivity index (χ0v) is 8.12. The number of hydrogen-bond acceptors (Lipinski definition) is 2. The highest BCUT2D eigenvalue weighted by Crippen LogP contribution is 2.29. The molecule has 0 saturated carbocycles. The molecule has 2 atom stereocenters. The van der Waals surface area contributed by atoms with Gasteiger partial charge in [-0.25, -0.2) is 0 Å². The molecular weight excluding hydrogens is 207 g/mol. The van der Waals surface area contributed by atoms with Crippen LogP contribution in [0.1, 0.15) is 24.1 Å². The molecule has 1 rings (SSSR count). The van der Waals surface area contributed by atoms with Gasteiger partial charge in [0.05, 0.1) is 17.7 Å². The van der Waals surface area contributed by atoms with Gasteiger partial charge in [-0.15, -0.1) is 0 Å². The quantitative estimate of drug-likeness (QED) is 0.800. The Kier molecular flexibility index (Phi) is 3.36. The highest BCUT2D eigenvalue weighted by atomic mass is 19.4. The van der Waals surface area contributed by atoms with E-state index in [9.17, 15) is 13.2 Å². The lowest BCUT2D eigenvalue weighted by molar-refractivity contribution is -0.137. The Bertz CT molecular complexity index is 318. The van der Waals surface area contributed by atoms with E-state index in [1.54, 1.807) is 0 Å². The smallest absolute Gasteiger partial charge is 0.391 e. The van der Waals surface area contributed by atoms with Crippen LogP contribution < -0.4 is 5.73 Å². The summed E-state index contributed by atoms with van der Waals surface area (Å²) in [5.41, 5.74) is 5.33. The number of aliphatic hydroxyl groups is 1. The summed E-state index contributed by atoms with van der Waals surface area (Å²) in [6, 6.07) is 3.81. The maximum atomic E-state index is 12.2. The van der Waals surface area contributed by atoms with Gasteiger partial charge in [-0.1, -0.05) is 12.1 Å². The summed E-state index contributed by atoms with van der Waals surface area (Å²) in [5.74, 6) is 0. The van der Waals surface area contributed by atoms with Crippen molar-refractivity contribution in [2.45, 2.75) is 25.2 Å². The maximum Gasteiger partial charge on any atom is 0.416 e. The van der Waals surface area contributed by atoms with Crippen LogP contribution in [-0.4, -0.2) is 11.2 Å². The van der Waals surface area contributed by atoms with Gasteiger partial charge in [0.25, 0.3) is 0 Å². The lowest BCUT2D eigenvalue weighted by Crippen LogP contribution is -2.23. The Morgan fingerprint density at radius 2 is 1.67 bits per heavy atom. The normalized spacial score (nSPS) is 16.1. The van der Waals surface area contributed by atoms with E-state index in [0.717, 1.165) is 12.1 Å². The van der Waals surface area contributed by atoms with Gasteiger partial charge in [0.15, 0.2) is 0 Å². The van der Waals surface area contributed by atoms with Crippen molar-refractivity contribution in [3.8, 4) is 0 Å². The van der Waals surface area contributed by atoms with E-state index in [1.165, 1.54) is 19.1 Å². The highest BCUT2D eigenvalue weighted by Gasteiger charge is 2.30. The minimum absolute atomic E-state index is 0.484. The predicted octanol–water partition coefficient (Wildman–Crippen LogP) is 2.09. The van der Waals surface area contributed by atoms with Crippen molar-refractivity contribution in [1.29, 1.82) is 0 Å². The molecular formula is C10H12F3NO. The minimum Gasteiger partial charge on any atom is -0.391 e. The Balaban J connectivity index is 2.91. The molecule has 1 aromatic carbocycles. The Morgan fingerprint density at radius 3 is 2.00 bits per heavy atom. The molecule has 2 nitrogen and oxygen atoms in total. The van der Waals surface area contributed by atoms with Crippen LogP contribution in [0.15, 0.2) is 24.3 Å². The molecule has 1 aromatic rings. The van der Waals surface area contributed by atoms with E-state index < -0.39 is 23.9 Å². The fourth-order valence-corrected chi connectivity index (χ4v) is 1.17. The topological polar surface area (TPSA) is 46.2 Å². The lowest BCUT2D eigenvalue weighted by Gasteiger charge is -2.15. The number of nitrogens with two attached hydrogens (primary N) is 1. The molecule has 0 heterocycles. The molecule has 0 aliphatic heterocycles. The molecule has 15 heavy (non-hydrogen) atoms. The third kappa shape index (κ3) is 2.94. The van der Waals surface area contributed by atoms with Crippen molar-refractivity contribution in [2.75, 3.05) is 0 Å². The van der Waals surface area contributed by atoms with Crippen molar-refractivity contribution in [3.63, 3.8) is 0 Å². The fourth-order valence-electron chi connectivity index (χ4n) is 1.17. The van der Waals surface area contributed by atoms with Crippen LogP contribution >= 0.6 is 0 Å². The van der Waals surface area contributed by atoms with Crippen LogP contribution in [0.25, 0.3) is 0 Å². The Morgan fingerprint density at radius 1 is 1.20 bits per heavy atom. The van der Waals surface area contributed by atoms with Gasteiger partial charge in [0, 0.05) is 0 Å². The van der Waals surface area contributed by atoms with E-state index in [1.807, 2.05) is 0 Å². The first kappa shape index (κ1) is 12.0. The van der Waals surface area contributed by atoms with Crippen LogP contribution in [-0.2, 0) is 6.18 Å². The zero-order valence-electron chi connectivity index (χ0n) is 8.12. The molecule has 3 N–H and O–H groups in total. The average molecular weight is 219 g/mol. The van der Waals surface area contributed by atoms with Crippen LogP contribution in [0.5, 0.6) is 0 Å². The SMILES string of the molecule is C[C@@H](O)[C@H](N)c1ccc(C(F)(F)F)cc1. The van der Waals surface area contributed by atoms with E-state index in [0.29, 0.717) is 5.56 Å². The third-order valence-corrected chi connectivity index (χ3v) is 2.14. The van der Waals surface area contributed by atoms with Gasteiger partial charge in [0.1, 0.15) is 0 Å². The number of rotatable bonds is 2. The second-order valence-corrected chi connectivity index (χ2v) is 3.39. The summed E-state index contributed by atoms with van der Waals surface area (Å²) in [4.78, 5) is 0. The van der Waals surface area contributed by atoms with Gasteiger partial charge in [-0.05, 0) is 24.6 Å². The van der Waals surface area contributed by atoms with Crippen LogP contribution in [0, 0.1) is 0 Å². The van der Waals surface area contributed by atoms with Crippen molar-refractivity contribution in [1.82, 2.24) is 0 Å². The van der Waals surface area contributed by atoms with Crippen molar-refractivity contribution in [3.05, 3.63) is 35.4 Å². The summed E-state index contributed by atoms with van der Waals surface area (Å²) in [6.07, 6.45) is -5.13. The Labute approximate surface area is 85.5 Å². The third-order valence-electron chi connectivity index (χ3n) is 2.14. The number of alkyl halides is 3. The lowest BCUT2D eigenvalue weighted by atomic mass is 10.0. The van der Waals surface area contributed by atoms with Crippen molar-refractivity contribution >= 4 is 0 Å². The molecule has 0 unspecified atom stereocenters. The van der Waals surface area contributed by atoms with Crippen LogP contribution in [0.2, 0.25) is 0 Å². The van der Waals surface area contributed by atoms with Gasteiger partial charge in [0.2, 0.25) is 0 Å². The molecule has 0 fully saturated rings. The molecule has 0 spiro atoms. The van der Waals surface area contributed by atoms with Crippen LogP contribution in [0.3, 0.4) is 0 Å². The molecule has 0 bridgehead atoms. The number of halogens is 3. The monoisotopic (exact) mass is 219 g/mol. The van der Waals surface area contributed by atoms with Gasteiger partial charge >= 0.3 is 6.18 Å². The molecule has 0 amide bonds. The van der Waals surface area contributed by atoms with Gasteiger partial charge < -0.3 is 10.8 Å². The van der Waals surface area contributed by atoms with Gasteiger partial charge in [-0.3, -0.25) is 0 Å². The molecule has 0 saturated heterocycles. The average Bonchev–Trinajstić information content (AvgIpc) is 2.15. The number of benzene rings is 1. The number of hydrogen-bond donors (Lipinski definition) is 2. The van der Waals surface area contributed by atoms with Crippen LogP contribution in [0.4, 0.5) is 13.2 Å². The van der Waals surface area contributed by atoms with Gasteiger partial charge in [-0.2, -0.15) is 13.2 Å². The summed E-state index contributed by atoms with van der Waals surface area (Å²) >= 11 is 0. The van der Waals surface area contributed by atoms with Crippen molar-refractivity contribution < 1.29 is 18.3 Å². The van der Waals surface area contributed by atoms with E-state index in [-0.39, 0.29) is 0 Å².